The van der Waals surface area contributed by atoms with E-state index in [1.165, 1.54) is 19.1 Å². The summed E-state index contributed by atoms with van der Waals surface area (Å²) in [5.74, 6) is -0.582. The Bertz CT molecular complexity index is 906. The first-order valence-corrected chi connectivity index (χ1v) is 9.18. The Hall–Kier alpha value is -2.87. The number of nitrogens with one attached hydrogen (secondary N) is 1. The van der Waals surface area contributed by atoms with Crippen molar-refractivity contribution in [2.75, 3.05) is 36.5 Å². The van der Waals surface area contributed by atoms with Crippen molar-refractivity contribution in [2.45, 2.75) is 19.5 Å². The number of carbonyl (C=O) groups excluding carboxylic acids is 2. The van der Waals surface area contributed by atoms with Crippen LogP contribution in [0.25, 0.3) is 0 Å². The molecule has 2 aromatic rings. The fraction of sp³-hybridized carbons (Fsp3) is 0.333. The Morgan fingerprint density at radius 2 is 1.76 bits per heavy atom. The maximum absolute atomic E-state index is 13.7. The molecule has 0 saturated carbocycles. The van der Waals surface area contributed by atoms with E-state index in [1.54, 1.807) is 29.2 Å². The predicted octanol–water partition coefficient (Wildman–Crippen LogP) is 4.45. The minimum atomic E-state index is -4.51. The van der Waals surface area contributed by atoms with Gasteiger partial charge in [-0.3, -0.25) is 9.59 Å². The van der Waals surface area contributed by atoms with Crippen LogP contribution in [0.1, 0.15) is 29.3 Å². The molecule has 0 amide bonds. The molecule has 0 bridgehead atoms. The lowest BCUT2D eigenvalue weighted by atomic mass is 10.1. The van der Waals surface area contributed by atoms with Crippen LogP contribution in [0.5, 0.6) is 0 Å². The average molecular weight is 406 g/mol. The summed E-state index contributed by atoms with van der Waals surface area (Å²) in [4.78, 5) is 24.9. The van der Waals surface area contributed by atoms with Crippen molar-refractivity contribution in [1.82, 2.24) is 0 Å². The smallest absolute Gasteiger partial charge is 0.378 e. The molecule has 1 fully saturated rings. The molecule has 5 nitrogen and oxygen atoms in total. The lowest BCUT2D eigenvalue weighted by Gasteiger charge is -2.31. The van der Waals surface area contributed by atoms with Crippen LogP contribution in [0.15, 0.2) is 42.5 Å². The maximum Gasteiger partial charge on any atom is 0.418 e. The van der Waals surface area contributed by atoms with Crippen LogP contribution >= 0.6 is 0 Å². The van der Waals surface area contributed by atoms with E-state index >= 15 is 0 Å². The van der Waals surface area contributed by atoms with E-state index in [-0.39, 0.29) is 29.4 Å². The Morgan fingerprint density at radius 3 is 2.41 bits per heavy atom. The van der Waals surface area contributed by atoms with Crippen molar-refractivity contribution < 1.29 is 27.5 Å². The molecule has 1 aliphatic heterocycles. The second kappa shape index (κ2) is 8.65. The minimum absolute atomic E-state index is 0.122. The summed E-state index contributed by atoms with van der Waals surface area (Å²) in [7, 11) is 0. The largest absolute Gasteiger partial charge is 0.418 e. The molecular weight excluding hydrogens is 385 g/mol. The highest BCUT2D eigenvalue weighted by Gasteiger charge is 2.35. The number of carbonyl (C=O) groups is 2. The predicted molar refractivity (Wildman–Crippen MR) is 104 cm³/mol. The van der Waals surface area contributed by atoms with Crippen molar-refractivity contribution in [3.63, 3.8) is 0 Å². The van der Waals surface area contributed by atoms with Gasteiger partial charge >= 0.3 is 6.18 Å². The van der Waals surface area contributed by atoms with E-state index in [2.05, 4.69) is 5.32 Å². The van der Waals surface area contributed by atoms with Gasteiger partial charge in [0.05, 0.1) is 25.2 Å². The fourth-order valence-corrected chi connectivity index (χ4v) is 3.19. The zero-order chi connectivity index (χ0) is 21.0. The molecule has 1 heterocycles. The van der Waals surface area contributed by atoms with E-state index in [4.69, 9.17) is 4.74 Å². The van der Waals surface area contributed by atoms with E-state index in [0.29, 0.717) is 37.6 Å². The number of hydrogen-bond acceptors (Lipinski definition) is 5. The van der Waals surface area contributed by atoms with Crippen molar-refractivity contribution in [2.24, 2.45) is 0 Å². The summed E-state index contributed by atoms with van der Waals surface area (Å²) in [6, 6.07) is 10.4. The zero-order valence-electron chi connectivity index (χ0n) is 15.9. The molecule has 0 spiro atoms. The lowest BCUT2D eigenvalue weighted by Crippen LogP contribution is -2.37. The van der Waals surface area contributed by atoms with Gasteiger partial charge < -0.3 is 15.0 Å². The van der Waals surface area contributed by atoms with Crippen LogP contribution in [0.2, 0.25) is 0 Å². The van der Waals surface area contributed by atoms with Crippen LogP contribution in [0.4, 0.5) is 30.2 Å². The third-order valence-corrected chi connectivity index (χ3v) is 4.54. The zero-order valence-corrected chi connectivity index (χ0v) is 15.9. The van der Waals surface area contributed by atoms with Gasteiger partial charge in [0.2, 0.25) is 0 Å². The van der Waals surface area contributed by atoms with Crippen LogP contribution < -0.4 is 10.2 Å². The second-order valence-electron chi connectivity index (χ2n) is 6.84. The third kappa shape index (κ3) is 5.35. The Balaban J connectivity index is 1.86. The normalized spacial score (nSPS) is 14.6. The average Bonchev–Trinajstić information content (AvgIpc) is 2.68. The molecule has 0 unspecified atom stereocenters. The number of rotatable bonds is 6. The number of Topliss-reactive ketones (excluding diaryl/α,β-unsaturated/α-hetero) is 2. The molecule has 1 aliphatic rings. The molecular formula is C21H21F3N2O3. The quantitative estimate of drug-likeness (QED) is 0.568. The van der Waals surface area contributed by atoms with E-state index in [9.17, 15) is 22.8 Å². The topological polar surface area (TPSA) is 58.6 Å². The maximum atomic E-state index is 13.7. The molecule has 154 valence electrons. The van der Waals surface area contributed by atoms with Crippen LogP contribution in [-0.2, 0) is 15.7 Å². The van der Waals surface area contributed by atoms with Crippen LogP contribution in [0.3, 0.4) is 0 Å². The Kier molecular flexibility index (Phi) is 6.22. The highest BCUT2D eigenvalue weighted by atomic mass is 19.4. The van der Waals surface area contributed by atoms with Crippen molar-refractivity contribution in [1.29, 1.82) is 0 Å². The first-order chi connectivity index (χ1) is 13.7. The van der Waals surface area contributed by atoms with Crippen molar-refractivity contribution in [3.05, 3.63) is 53.6 Å². The summed E-state index contributed by atoms with van der Waals surface area (Å²) >= 11 is 0. The van der Waals surface area contributed by atoms with Gasteiger partial charge in [-0.1, -0.05) is 12.1 Å². The number of nitrogens with zero attached hydrogens (tertiary/aromatic N) is 1. The molecule has 0 atom stereocenters. The number of ether oxygens (including phenoxy) is 1. The number of morpholine rings is 1. The van der Waals surface area contributed by atoms with E-state index in [0.717, 1.165) is 6.07 Å². The van der Waals surface area contributed by atoms with E-state index < -0.39 is 11.7 Å². The molecule has 3 rings (SSSR count). The Labute approximate surface area is 166 Å². The second-order valence-corrected chi connectivity index (χ2v) is 6.84. The third-order valence-electron chi connectivity index (χ3n) is 4.54. The molecule has 0 aliphatic carbocycles. The van der Waals surface area contributed by atoms with Gasteiger partial charge in [0.25, 0.3) is 0 Å². The molecule has 1 N–H and O–H groups in total. The Morgan fingerprint density at radius 1 is 1.07 bits per heavy atom. The molecule has 2 aromatic carbocycles. The molecule has 8 heteroatoms. The van der Waals surface area contributed by atoms with Crippen molar-refractivity contribution in [3.8, 4) is 0 Å². The van der Waals surface area contributed by atoms with Gasteiger partial charge in [0.1, 0.15) is 5.78 Å². The van der Waals surface area contributed by atoms with Crippen LogP contribution in [-0.4, -0.2) is 37.9 Å². The van der Waals surface area contributed by atoms with Gasteiger partial charge in [-0.05, 0) is 37.3 Å². The first kappa shape index (κ1) is 20.9. The number of halogens is 3. The van der Waals surface area contributed by atoms with Gasteiger partial charge in [-0.15, -0.1) is 0 Å². The summed E-state index contributed by atoms with van der Waals surface area (Å²) in [6.07, 6.45) is -4.72. The van der Waals surface area contributed by atoms with Crippen molar-refractivity contribution >= 4 is 28.6 Å². The van der Waals surface area contributed by atoms with Gasteiger partial charge in [0.15, 0.2) is 5.78 Å². The monoisotopic (exact) mass is 406 g/mol. The molecule has 29 heavy (non-hydrogen) atoms. The molecule has 0 aromatic heterocycles. The molecule has 1 saturated heterocycles. The number of ketones is 2. The fourth-order valence-electron chi connectivity index (χ4n) is 3.19. The highest BCUT2D eigenvalue weighted by Crippen LogP contribution is 2.39. The minimum Gasteiger partial charge on any atom is -0.378 e. The summed E-state index contributed by atoms with van der Waals surface area (Å²) in [6.45, 7) is 2.90. The first-order valence-electron chi connectivity index (χ1n) is 9.18. The van der Waals surface area contributed by atoms with E-state index in [1.807, 2.05) is 0 Å². The summed E-state index contributed by atoms with van der Waals surface area (Å²) < 4.78 is 46.2. The summed E-state index contributed by atoms with van der Waals surface area (Å²) in [5, 5.41) is 2.91. The lowest BCUT2D eigenvalue weighted by molar-refractivity contribution is -0.137. The summed E-state index contributed by atoms with van der Waals surface area (Å²) in [5.41, 5.74) is 0.438. The number of benzene rings is 2. The SMILES string of the molecule is CC(=O)CC(=O)c1cccc(Nc2ccc(N3CCOCC3)c(C(F)(F)F)c2)c1. The van der Waals surface area contributed by atoms with Gasteiger partial charge in [-0.25, -0.2) is 0 Å². The number of alkyl halides is 3. The highest BCUT2D eigenvalue weighted by molar-refractivity contribution is 6.07. The molecule has 0 radical (unpaired) electrons. The standard InChI is InChI=1S/C21H21F3N2O3/c1-14(27)11-20(28)15-3-2-4-16(12-15)25-17-5-6-19(18(13-17)21(22,23)24)26-7-9-29-10-8-26/h2-6,12-13,25H,7-11H2,1H3. The number of anilines is 3. The van der Waals surface area contributed by atoms with Gasteiger partial charge in [0, 0.05) is 35.7 Å². The van der Waals surface area contributed by atoms with Crippen LogP contribution in [0, 0.1) is 0 Å². The number of hydrogen-bond donors (Lipinski definition) is 1. The van der Waals surface area contributed by atoms with Gasteiger partial charge in [-0.2, -0.15) is 13.2 Å².